The average molecular weight is 299 g/mol. The first-order chi connectivity index (χ1) is 10.2. The molecule has 0 aliphatic carbocycles. The molecular weight excluding hydrogens is 260 g/mol. The molecule has 0 aliphatic rings. The molecule has 0 saturated carbocycles. The van der Waals surface area contributed by atoms with Gasteiger partial charge < -0.3 is 4.74 Å². The van der Waals surface area contributed by atoms with Crippen molar-refractivity contribution in [3.05, 3.63) is 0 Å². The van der Waals surface area contributed by atoms with E-state index in [4.69, 9.17) is 4.74 Å². The van der Waals surface area contributed by atoms with Gasteiger partial charge in [0.2, 0.25) is 0 Å². The van der Waals surface area contributed by atoms with Crippen molar-refractivity contribution in [3.8, 4) is 0 Å². The third-order valence-electron chi connectivity index (χ3n) is 4.12. The van der Waals surface area contributed by atoms with Gasteiger partial charge in [0.15, 0.2) is 0 Å². The molecule has 1 unspecified atom stereocenters. The summed E-state index contributed by atoms with van der Waals surface area (Å²) in [5.74, 6) is 0.0194. The first-order valence-corrected chi connectivity index (χ1v) is 9.44. The molecule has 2 heteroatoms. The number of carbonyl (C=O) groups excluding carboxylic acids is 1. The number of rotatable bonds is 15. The Bertz CT molecular complexity index is 226. The summed E-state index contributed by atoms with van der Waals surface area (Å²) in [6, 6.07) is 0. The zero-order valence-electron chi connectivity index (χ0n) is 14.8. The van der Waals surface area contributed by atoms with Crippen LogP contribution in [0.4, 0.5) is 0 Å². The second kappa shape index (κ2) is 15.9. The van der Waals surface area contributed by atoms with E-state index in [-0.39, 0.29) is 12.1 Å². The maximum Gasteiger partial charge on any atom is 0.306 e. The normalized spacial score (nSPS) is 12.3. The van der Waals surface area contributed by atoms with E-state index in [9.17, 15) is 4.79 Å². The molecule has 0 amide bonds. The molecule has 0 aromatic rings. The molecule has 0 fully saturated rings. The predicted molar refractivity (Wildman–Crippen MR) is 91.5 cm³/mol. The zero-order valence-corrected chi connectivity index (χ0v) is 14.8. The molecule has 21 heavy (non-hydrogen) atoms. The van der Waals surface area contributed by atoms with E-state index in [1.807, 2.05) is 0 Å². The van der Waals surface area contributed by atoms with E-state index < -0.39 is 0 Å². The topological polar surface area (TPSA) is 26.3 Å². The highest BCUT2D eigenvalue weighted by Gasteiger charge is 2.11. The lowest BCUT2D eigenvalue weighted by Crippen LogP contribution is -2.17. The van der Waals surface area contributed by atoms with Crippen molar-refractivity contribution in [3.63, 3.8) is 0 Å². The molecule has 0 radical (unpaired) electrons. The number of hydrogen-bond acceptors (Lipinski definition) is 2. The second-order valence-corrected chi connectivity index (χ2v) is 6.24. The van der Waals surface area contributed by atoms with Gasteiger partial charge in [-0.25, -0.2) is 0 Å². The van der Waals surface area contributed by atoms with Crippen molar-refractivity contribution >= 4 is 5.97 Å². The molecule has 0 saturated heterocycles. The summed E-state index contributed by atoms with van der Waals surface area (Å²) in [4.78, 5) is 11.8. The zero-order chi connectivity index (χ0) is 15.8. The Morgan fingerprint density at radius 3 is 1.86 bits per heavy atom. The molecule has 0 aromatic heterocycles. The van der Waals surface area contributed by atoms with Crippen LogP contribution < -0.4 is 0 Å². The lowest BCUT2D eigenvalue weighted by molar-refractivity contribution is -0.149. The highest BCUT2D eigenvalue weighted by molar-refractivity contribution is 5.69. The summed E-state index contributed by atoms with van der Waals surface area (Å²) in [5, 5.41) is 0. The van der Waals surface area contributed by atoms with Gasteiger partial charge in [-0.1, -0.05) is 78.6 Å². The fourth-order valence-corrected chi connectivity index (χ4v) is 2.62. The van der Waals surface area contributed by atoms with Gasteiger partial charge in [0.25, 0.3) is 0 Å². The van der Waals surface area contributed by atoms with E-state index in [0.29, 0.717) is 6.42 Å². The van der Waals surface area contributed by atoms with Crippen molar-refractivity contribution < 1.29 is 9.53 Å². The van der Waals surface area contributed by atoms with Crippen molar-refractivity contribution in [2.45, 2.75) is 117 Å². The molecule has 2 nitrogen and oxygen atoms in total. The minimum Gasteiger partial charge on any atom is -0.462 e. The Morgan fingerprint density at radius 2 is 1.29 bits per heavy atom. The van der Waals surface area contributed by atoms with Crippen LogP contribution in [0.25, 0.3) is 0 Å². The highest BCUT2D eigenvalue weighted by atomic mass is 16.5. The smallest absolute Gasteiger partial charge is 0.306 e. The van der Waals surface area contributed by atoms with Crippen LogP contribution in [0.5, 0.6) is 0 Å². The van der Waals surface area contributed by atoms with Gasteiger partial charge in [-0.2, -0.15) is 0 Å². The lowest BCUT2D eigenvalue weighted by Gasteiger charge is -2.16. The van der Waals surface area contributed by atoms with Gasteiger partial charge in [0, 0.05) is 6.42 Å². The van der Waals surface area contributed by atoms with E-state index in [2.05, 4.69) is 20.8 Å². The third-order valence-corrected chi connectivity index (χ3v) is 4.12. The maximum absolute atomic E-state index is 11.8. The van der Waals surface area contributed by atoms with Gasteiger partial charge in [0.1, 0.15) is 6.10 Å². The Hall–Kier alpha value is -0.530. The molecule has 0 N–H and O–H groups in total. The molecule has 0 spiro atoms. The predicted octanol–water partition coefficient (Wildman–Crippen LogP) is 6.42. The Kier molecular flexibility index (Phi) is 15.5. The van der Waals surface area contributed by atoms with Gasteiger partial charge in [-0.3, -0.25) is 4.79 Å². The second-order valence-electron chi connectivity index (χ2n) is 6.24. The van der Waals surface area contributed by atoms with E-state index >= 15 is 0 Å². The van der Waals surface area contributed by atoms with Crippen molar-refractivity contribution in [1.29, 1.82) is 0 Å². The van der Waals surface area contributed by atoms with Crippen LogP contribution in [0, 0.1) is 0 Å². The van der Waals surface area contributed by atoms with Crippen LogP contribution in [0.15, 0.2) is 0 Å². The fourth-order valence-electron chi connectivity index (χ4n) is 2.62. The summed E-state index contributed by atoms with van der Waals surface area (Å²) < 4.78 is 5.59. The van der Waals surface area contributed by atoms with E-state index in [1.165, 1.54) is 64.2 Å². The standard InChI is InChI=1S/C19H38O2/c1-4-7-9-11-13-15-17-19(20)21-18(6-3)16-14-12-10-8-5-2/h18H,4-17H2,1-3H3. The van der Waals surface area contributed by atoms with Gasteiger partial charge in [0.05, 0.1) is 0 Å². The van der Waals surface area contributed by atoms with Crippen molar-refractivity contribution in [2.75, 3.05) is 0 Å². The summed E-state index contributed by atoms with van der Waals surface area (Å²) >= 11 is 0. The van der Waals surface area contributed by atoms with Crippen molar-refractivity contribution in [2.24, 2.45) is 0 Å². The maximum atomic E-state index is 11.8. The summed E-state index contributed by atoms with van der Waals surface area (Å²) in [5.41, 5.74) is 0. The first kappa shape index (κ1) is 20.5. The Morgan fingerprint density at radius 1 is 0.762 bits per heavy atom. The third kappa shape index (κ3) is 14.2. The van der Waals surface area contributed by atoms with Crippen LogP contribution in [0.2, 0.25) is 0 Å². The Balaban J connectivity index is 3.54. The monoisotopic (exact) mass is 298 g/mol. The fraction of sp³-hybridized carbons (Fsp3) is 0.947. The molecule has 0 aliphatic heterocycles. The molecule has 1 atom stereocenters. The SMILES string of the molecule is CCCCCCCCC(=O)OC(CC)CCCCCCC. The van der Waals surface area contributed by atoms with Crippen molar-refractivity contribution in [1.82, 2.24) is 0 Å². The highest BCUT2D eigenvalue weighted by Crippen LogP contribution is 2.14. The van der Waals surface area contributed by atoms with Crippen LogP contribution in [-0.2, 0) is 9.53 Å². The number of hydrogen-bond donors (Lipinski definition) is 0. The number of unbranched alkanes of at least 4 members (excludes halogenated alkanes) is 9. The van der Waals surface area contributed by atoms with Crippen LogP contribution >= 0.6 is 0 Å². The largest absolute Gasteiger partial charge is 0.462 e. The number of ether oxygens (including phenoxy) is 1. The quantitative estimate of drug-likeness (QED) is 0.257. The molecule has 0 rings (SSSR count). The summed E-state index contributed by atoms with van der Waals surface area (Å²) in [6.07, 6.45) is 16.5. The van der Waals surface area contributed by atoms with Gasteiger partial charge >= 0.3 is 5.97 Å². The molecule has 0 heterocycles. The van der Waals surface area contributed by atoms with Gasteiger partial charge in [-0.15, -0.1) is 0 Å². The average Bonchev–Trinajstić information content (AvgIpc) is 2.49. The Labute approximate surface area is 133 Å². The van der Waals surface area contributed by atoms with Gasteiger partial charge in [-0.05, 0) is 25.7 Å². The number of carbonyl (C=O) groups is 1. The van der Waals surface area contributed by atoms with Crippen LogP contribution in [-0.4, -0.2) is 12.1 Å². The molecular formula is C19H38O2. The van der Waals surface area contributed by atoms with Crippen LogP contribution in [0.1, 0.15) is 111 Å². The van der Waals surface area contributed by atoms with E-state index in [0.717, 1.165) is 19.3 Å². The van der Waals surface area contributed by atoms with Crippen LogP contribution in [0.3, 0.4) is 0 Å². The summed E-state index contributed by atoms with van der Waals surface area (Å²) in [7, 11) is 0. The molecule has 0 bridgehead atoms. The summed E-state index contributed by atoms with van der Waals surface area (Å²) in [6.45, 7) is 6.58. The first-order valence-electron chi connectivity index (χ1n) is 9.44. The van der Waals surface area contributed by atoms with E-state index in [1.54, 1.807) is 0 Å². The number of esters is 1. The minimum atomic E-state index is 0.0194. The lowest BCUT2D eigenvalue weighted by atomic mass is 10.1. The minimum absolute atomic E-state index is 0.0194. The molecule has 126 valence electrons. The molecule has 0 aromatic carbocycles.